The van der Waals surface area contributed by atoms with Gasteiger partial charge in [0.2, 0.25) is 0 Å². The number of likely N-dealkylation sites (tertiary alicyclic amines) is 1. The molecular weight excluding hydrogens is 419 g/mol. The third kappa shape index (κ3) is 4.40. The first-order chi connectivity index (χ1) is 15.0. The SMILES string of the molecule is Cc1ccc(C(C)(C)N2CCC(CCc3ccc(F)s3)(c3nccn3C(C)(C)C)C2)cn1. The van der Waals surface area contributed by atoms with Gasteiger partial charge in [0.05, 0.1) is 0 Å². The third-order valence-electron chi connectivity index (χ3n) is 7.08. The van der Waals surface area contributed by atoms with E-state index in [0.717, 1.165) is 48.7 Å². The summed E-state index contributed by atoms with van der Waals surface area (Å²) in [5.41, 5.74) is 2.02. The molecule has 172 valence electrons. The molecule has 4 nitrogen and oxygen atoms in total. The lowest BCUT2D eigenvalue weighted by molar-refractivity contribution is 0.140. The molecule has 0 saturated carbocycles. The van der Waals surface area contributed by atoms with Crippen LogP contribution in [0.15, 0.2) is 42.9 Å². The Morgan fingerprint density at radius 2 is 1.88 bits per heavy atom. The zero-order chi connectivity index (χ0) is 23.1. The van der Waals surface area contributed by atoms with E-state index in [2.05, 4.69) is 67.4 Å². The summed E-state index contributed by atoms with van der Waals surface area (Å²) in [6.07, 6.45) is 8.92. The Balaban J connectivity index is 1.67. The largest absolute Gasteiger partial charge is 0.329 e. The number of imidazole rings is 1. The highest BCUT2D eigenvalue weighted by Gasteiger charge is 2.47. The van der Waals surface area contributed by atoms with E-state index in [1.54, 1.807) is 6.07 Å². The normalized spacial score (nSPS) is 20.2. The lowest BCUT2D eigenvalue weighted by Gasteiger charge is -2.39. The lowest BCUT2D eigenvalue weighted by Crippen LogP contribution is -2.44. The second-order valence-electron chi connectivity index (χ2n) is 10.7. The first kappa shape index (κ1) is 23.1. The first-order valence-corrected chi connectivity index (χ1v) is 12.3. The summed E-state index contributed by atoms with van der Waals surface area (Å²) < 4.78 is 16.0. The summed E-state index contributed by atoms with van der Waals surface area (Å²) in [6, 6.07) is 7.81. The predicted molar refractivity (Wildman–Crippen MR) is 130 cm³/mol. The van der Waals surface area contributed by atoms with Crippen LogP contribution in [0.3, 0.4) is 0 Å². The van der Waals surface area contributed by atoms with E-state index in [4.69, 9.17) is 4.98 Å². The molecule has 0 N–H and O–H groups in total. The van der Waals surface area contributed by atoms with E-state index in [-0.39, 0.29) is 21.6 Å². The van der Waals surface area contributed by atoms with Crippen LogP contribution in [0.1, 0.15) is 69.4 Å². The molecule has 0 bridgehead atoms. The Bertz CT molecular complexity index is 1060. The molecule has 1 aliphatic heterocycles. The molecule has 6 heteroatoms. The topological polar surface area (TPSA) is 34.0 Å². The van der Waals surface area contributed by atoms with Crippen LogP contribution in [0.2, 0.25) is 0 Å². The van der Waals surface area contributed by atoms with E-state index >= 15 is 0 Å². The lowest BCUT2D eigenvalue weighted by atomic mass is 9.80. The number of aryl methyl sites for hydroxylation is 2. The number of rotatable bonds is 6. The molecule has 32 heavy (non-hydrogen) atoms. The fourth-order valence-electron chi connectivity index (χ4n) is 4.95. The highest BCUT2D eigenvalue weighted by Crippen LogP contribution is 2.44. The Morgan fingerprint density at radius 1 is 1.09 bits per heavy atom. The molecule has 3 aromatic heterocycles. The summed E-state index contributed by atoms with van der Waals surface area (Å²) in [6.45, 7) is 15.2. The van der Waals surface area contributed by atoms with Crippen molar-refractivity contribution in [3.05, 3.63) is 69.9 Å². The van der Waals surface area contributed by atoms with Crippen molar-refractivity contribution in [3.63, 3.8) is 0 Å². The first-order valence-electron chi connectivity index (χ1n) is 11.5. The molecule has 0 aliphatic carbocycles. The van der Waals surface area contributed by atoms with E-state index in [0.29, 0.717) is 0 Å². The summed E-state index contributed by atoms with van der Waals surface area (Å²) in [5.74, 6) is 1.15. The summed E-state index contributed by atoms with van der Waals surface area (Å²) in [5, 5.41) is -0.105. The number of hydrogen-bond acceptors (Lipinski definition) is 4. The third-order valence-corrected chi connectivity index (χ3v) is 8.01. The van der Waals surface area contributed by atoms with Crippen molar-refractivity contribution in [2.24, 2.45) is 0 Å². The van der Waals surface area contributed by atoms with Gasteiger partial charge >= 0.3 is 0 Å². The molecule has 1 saturated heterocycles. The van der Waals surface area contributed by atoms with Crippen LogP contribution in [-0.4, -0.2) is 32.5 Å². The van der Waals surface area contributed by atoms with Crippen molar-refractivity contribution in [1.29, 1.82) is 0 Å². The Morgan fingerprint density at radius 3 is 2.50 bits per heavy atom. The van der Waals surface area contributed by atoms with Gasteiger partial charge in [-0.15, -0.1) is 11.3 Å². The molecule has 1 atom stereocenters. The molecular formula is C26H35FN4S. The zero-order valence-corrected chi connectivity index (χ0v) is 21.0. The number of pyridine rings is 1. The van der Waals surface area contributed by atoms with Gasteiger partial charge in [-0.05, 0) is 84.6 Å². The molecule has 4 rings (SSSR count). The quantitative estimate of drug-likeness (QED) is 0.454. The molecule has 1 unspecified atom stereocenters. The van der Waals surface area contributed by atoms with Crippen molar-refractivity contribution in [3.8, 4) is 0 Å². The maximum atomic E-state index is 13.6. The van der Waals surface area contributed by atoms with Gasteiger partial charge in [0.25, 0.3) is 0 Å². The van der Waals surface area contributed by atoms with E-state index in [1.807, 2.05) is 25.4 Å². The van der Waals surface area contributed by atoms with Crippen LogP contribution in [0.25, 0.3) is 0 Å². The minimum Gasteiger partial charge on any atom is -0.329 e. The van der Waals surface area contributed by atoms with Crippen LogP contribution in [0, 0.1) is 12.1 Å². The maximum Gasteiger partial charge on any atom is 0.176 e. The number of thiophene rings is 1. The summed E-state index contributed by atoms with van der Waals surface area (Å²) >= 11 is 1.27. The average molecular weight is 455 g/mol. The van der Waals surface area contributed by atoms with Gasteiger partial charge in [0.15, 0.2) is 5.13 Å². The van der Waals surface area contributed by atoms with Crippen molar-refractivity contribution >= 4 is 11.3 Å². The highest BCUT2D eigenvalue weighted by atomic mass is 32.1. The minimum absolute atomic E-state index is 0.0440. The Hall–Kier alpha value is -2.05. The zero-order valence-electron chi connectivity index (χ0n) is 20.2. The van der Waals surface area contributed by atoms with E-state index < -0.39 is 0 Å². The molecule has 0 spiro atoms. The highest BCUT2D eigenvalue weighted by molar-refractivity contribution is 7.10. The Kier molecular flexibility index (Phi) is 6.05. The fourth-order valence-corrected chi connectivity index (χ4v) is 5.67. The molecule has 3 aromatic rings. The maximum absolute atomic E-state index is 13.6. The Labute approximate surface area is 195 Å². The minimum atomic E-state index is -0.128. The van der Waals surface area contributed by atoms with Gasteiger partial charge in [-0.25, -0.2) is 4.98 Å². The van der Waals surface area contributed by atoms with Gasteiger partial charge in [0.1, 0.15) is 5.82 Å². The monoisotopic (exact) mass is 454 g/mol. The van der Waals surface area contributed by atoms with Gasteiger partial charge in [-0.2, -0.15) is 4.39 Å². The molecule has 1 aliphatic rings. The smallest absolute Gasteiger partial charge is 0.176 e. The van der Waals surface area contributed by atoms with E-state index in [9.17, 15) is 4.39 Å². The summed E-state index contributed by atoms with van der Waals surface area (Å²) in [7, 11) is 0. The van der Waals surface area contributed by atoms with Crippen molar-refractivity contribution in [2.75, 3.05) is 13.1 Å². The fraction of sp³-hybridized carbons (Fsp3) is 0.538. The molecule has 0 amide bonds. The van der Waals surface area contributed by atoms with Crippen molar-refractivity contribution in [1.82, 2.24) is 19.4 Å². The van der Waals surface area contributed by atoms with Crippen molar-refractivity contribution < 1.29 is 4.39 Å². The van der Waals surface area contributed by atoms with Crippen LogP contribution in [0.5, 0.6) is 0 Å². The average Bonchev–Trinajstić information content (AvgIpc) is 3.46. The standard InChI is InChI=1S/C26H35FN4S/c1-19-7-8-20(17-29-19)25(5,6)30-15-13-26(18-30,12-11-21-9-10-22(27)32-21)23-28-14-16-31(23)24(2,3)4/h7-10,14,16-17H,11-13,15,18H2,1-6H3. The number of aromatic nitrogens is 3. The van der Waals surface area contributed by atoms with Gasteiger partial charge in [0, 0.05) is 58.7 Å². The molecule has 4 heterocycles. The molecule has 0 aromatic carbocycles. The van der Waals surface area contributed by atoms with E-state index in [1.165, 1.54) is 16.9 Å². The van der Waals surface area contributed by atoms with Crippen molar-refractivity contribution in [2.45, 2.75) is 77.3 Å². The number of halogens is 1. The van der Waals surface area contributed by atoms with Gasteiger partial charge in [-0.3, -0.25) is 9.88 Å². The number of nitrogens with zero attached hydrogens (tertiary/aromatic N) is 4. The van der Waals surface area contributed by atoms with Crippen LogP contribution >= 0.6 is 11.3 Å². The van der Waals surface area contributed by atoms with Gasteiger partial charge in [-0.1, -0.05) is 6.07 Å². The van der Waals surface area contributed by atoms with Crippen LogP contribution in [0.4, 0.5) is 4.39 Å². The van der Waals surface area contributed by atoms with Gasteiger partial charge < -0.3 is 4.57 Å². The molecule has 0 radical (unpaired) electrons. The predicted octanol–water partition coefficient (Wildman–Crippen LogP) is 6.05. The number of hydrogen-bond donors (Lipinski definition) is 0. The van der Waals surface area contributed by atoms with Crippen LogP contribution < -0.4 is 0 Å². The second kappa shape index (κ2) is 8.38. The summed E-state index contributed by atoms with van der Waals surface area (Å²) in [4.78, 5) is 13.1. The van der Waals surface area contributed by atoms with Crippen LogP contribution in [-0.2, 0) is 22.9 Å². The molecule has 1 fully saturated rings. The second-order valence-corrected chi connectivity index (χ2v) is 11.8.